The van der Waals surface area contributed by atoms with E-state index in [4.69, 9.17) is 11.6 Å². The van der Waals surface area contributed by atoms with E-state index in [0.29, 0.717) is 36.7 Å². The molecular formula is C45H47ClN6O7S2. The highest BCUT2D eigenvalue weighted by Crippen LogP contribution is 2.31. The van der Waals surface area contributed by atoms with Gasteiger partial charge in [-0.15, -0.1) is 11.8 Å². The van der Waals surface area contributed by atoms with Crippen molar-refractivity contribution in [2.75, 3.05) is 55.2 Å². The lowest BCUT2D eigenvalue weighted by atomic mass is 9.99. The van der Waals surface area contributed by atoms with Gasteiger partial charge >= 0.3 is 5.97 Å². The molecule has 0 bridgehead atoms. The van der Waals surface area contributed by atoms with Gasteiger partial charge in [0.05, 0.1) is 9.82 Å². The highest BCUT2D eigenvalue weighted by atomic mass is 35.5. The molecule has 5 aromatic carbocycles. The molecular weight excluding hydrogens is 836 g/mol. The number of thioether (sulfide) groups is 1. The van der Waals surface area contributed by atoms with Gasteiger partial charge in [0.2, 0.25) is 0 Å². The Bertz CT molecular complexity index is 2430. The van der Waals surface area contributed by atoms with Crippen molar-refractivity contribution in [3.05, 3.63) is 148 Å². The number of nitro groups is 1. The third-order valence-electron chi connectivity index (χ3n) is 11.1. The number of hydrogen-bond donors (Lipinski definition) is 3. The number of amides is 1. The number of anilines is 2. The third kappa shape index (κ3) is 11.3. The Balaban J connectivity index is 0.967. The Kier molecular flexibility index (Phi) is 14.3. The first-order valence-electron chi connectivity index (χ1n) is 20.1. The van der Waals surface area contributed by atoms with Gasteiger partial charge in [-0.3, -0.25) is 29.5 Å². The average molecular weight is 883 g/mol. The Hall–Kier alpha value is -5.45. The van der Waals surface area contributed by atoms with E-state index in [1.54, 1.807) is 36.0 Å². The molecule has 2 fully saturated rings. The summed E-state index contributed by atoms with van der Waals surface area (Å²) in [6, 6.07) is 35.2. The Labute approximate surface area is 364 Å². The third-order valence-corrected chi connectivity index (χ3v) is 13.9. The van der Waals surface area contributed by atoms with E-state index in [1.165, 1.54) is 23.3 Å². The summed E-state index contributed by atoms with van der Waals surface area (Å²) in [5.41, 5.74) is 4.20. The number of nitrogens with zero attached hydrogens (tertiary/aromatic N) is 4. The molecule has 16 heteroatoms. The maximum Gasteiger partial charge on any atom is 0.320 e. The number of carboxylic acids is 1. The Morgan fingerprint density at radius 3 is 2.30 bits per heavy atom. The first kappa shape index (κ1) is 43.6. The number of halogens is 1. The summed E-state index contributed by atoms with van der Waals surface area (Å²) in [5.74, 6) is -1.22. The highest BCUT2D eigenvalue weighted by molar-refractivity contribution is 7.99. The second-order valence-electron chi connectivity index (χ2n) is 15.1. The molecule has 2 heterocycles. The molecule has 2 atom stereocenters. The van der Waals surface area contributed by atoms with E-state index in [2.05, 4.69) is 32.0 Å². The normalized spacial score (nSPS) is 16.5. The summed E-state index contributed by atoms with van der Waals surface area (Å²) in [6.45, 7) is 5.11. The van der Waals surface area contributed by atoms with Gasteiger partial charge in [0.25, 0.3) is 21.6 Å². The number of piperazine rings is 1. The van der Waals surface area contributed by atoms with Crippen LogP contribution in [-0.4, -0.2) is 97.2 Å². The smallest absolute Gasteiger partial charge is 0.320 e. The van der Waals surface area contributed by atoms with Crippen LogP contribution in [0.3, 0.4) is 0 Å². The molecule has 5 aromatic rings. The van der Waals surface area contributed by atoms with Crippen LogP contribution in [0.25, 0.3) is 11.1 Å². The number of benzene rings is 5. The molecule has 2 aliphatic heterocycles. The van der Waals surface area contributed by atoms with Gasteiger partial charge in [0, 0.05) is 78.3 Å². The van der Waals surface area contributed by atoms with Crippen molar-refractivity contribution in [1.82, 2.24) is 14.5 Å². The molecule has 0 radical (unpaired) electrons. The Morgan fingerprint density at radius 1 is 0.885 bits per heavy atom. The zero-order chi connectivity index (χ0) is 42.9. The lowest BCUT2D eigenvalue weighted by molar-refractivity contribution is -0.384. The van der Waals surface area contributed by atoms with Crippen molar-refractivity contribution in [2.24, 2.45) is 0 Å². The number of carboxylic acid groups (broad SMARTS) is 1. The maximum absolute atomic E-state index is 13.5. The predicted molar refractivity (Wildman–Crippen MR) is 240 cm³/mol. The molecule has 0 spiro atoms. The van der Waals surface area contributed by atoms with Gasteiger partial charge in [-0.05, 0) is 103 Å². The minimum Gasteiger partial charge on any atom is -0.480 e. The molecule has 2 aliphatic rings. The average Bonchev–Trinajstić information content (AvgIpc) is 3.75. The molecule has 318 valence electrons. The largest absolute Gasteiger partial charge is 0.480 e. The number of aliphatic carboxylic acids is 1. The van der Waals surface area contributed by atoms with Gasteiger partial charge < -0.3 is 15.3 Å². The van der Waals surface area contributed by atoms with Crippen LogP contribution >= 0.6 is 23.4 Å². The number of carbonyl (C=O) groups is 2. The van der Waals surface area contributed by atoms with Crippen molar-refractivity contribution >= 4 is 62.3 Å². The maximum atomic E-state index is 13.5. The van der Waals surface area contributed by atoms with Crippen molar-refractivity contribution in [3.63, 3.8) is 0 Å². The molecule has 13 nitrogen and oxygen atoms in total. The number of nitrogens with one attached hydrogen (secondary N) is 2. The van der Waals surface area contributed by atoms with E-state index in [9.17, 15) is 33.2 Å². The molecule has 0 aliphatic carbocycles. The SMILES string of the molecule is O=C(NS(=O)(=O)c1ccc(N[C@H](CCN2CCC[C@H]2C(=O)O)CSc2ccccc2)c([N+](=O)[O-])c1)c1ccc(N2CCN(Cc3ccccc3-c3ccc(Cl)cc3)CC2)cc1. The number of hydrogen-bond acceptors (Lipinski definition) is 11. The van der Waals surface area contributed by atoms with Crippen LogP contribution in [0.5, 0.6) is 0 Å². The summed E-state index contributed by atoms with van der Waals surface area (Å²) in [6.07, 6.45) is 1.84. The number of nitro benzene ring substituents is 1. The van der Waals surface area contributed by atoms with E-state index in [0.717, 1.165) is 61.4 Å². The fourth-order valence-electron chi connectivity index (χ4n) is 7.82. The molecule has 3 N–H and O–H groups in total. The highest BCUT2D eigenvalue weighted by Gasteiger charge is 2.31. The van der Waals surface area contributed by atoms with Crippen LogP contribution in [0.15, 0.2) is 131 Å². The van der Waals surface area contributed by atoms with Crippen molar-refractivity contribution in [1.29, 1.82) is 0 Å². The van der Waals surface area contributed by atoms with Crippen LogP contribution in [0, 0.1) is 10.1 Å². The summed E-state index contributed by atoms with van der Waals surface area (Å²) >= 11 is 7.67. The van der Waals surface area contributed by atoms with Crippen molar-refractivity contribution in [3.8, 4) is 11.1 Å². The zero-order valence-corrected chi connectivity index (χ0v) is 35.7. The van der Waals surface area contributed by atoms with E-state index < -0.39 is 43.4 Å². The van der Waals surface area contributed by atoms with Crippen LogP contribution in [0.1, 0.15) is 35.2 Å². The topological polar surface area (TPSA) is 165 Å². The summed E-state index contributed by atoms with van der Waals surface area (Å²) < 4.78 is 29.0. The molecule has 0 unspecified atom stereocenters. The fraction of sp³-hybridized carbons (Fsp3) is 0.289. The van der Waals surface area contributed by atoms with E-state index in [-0.39, 0.29) is 17.3 Å². The summed E-state index contributed by atoms with van der Waals surface area (Å²) in [7, 11) is -4.50. The minimum atomic E-state index is -4.50. The zero-order valence-electron chi connectivity index (χ0n) is 33.4. The number of likely N-dealkylation sites (tertiary alicyclic amines) is 1. The first-order chi connectivity index (χ1) is 29.4. The number of carbonyl (C=O) groups excluding carboxylic acids is 1. The molecule has 0 aromatic heterocycles. The molecule has 61 heavy (non-hydrogen) atoms. The molecule has 2 saturated heterocycles. The number of sulfonamides is 1. The Morgan fingerprint density at radius 2 is 1.59 bits per heavy atom. The first-order valence-corrected chi connectivity index (χ1v) is 23.0. The second-order valence-corrected chi connectivity index (χ2v) is 18.3. The predicted octanol–water partition coefficient (Wildman–Crippen LogP) is 7.87. The van der Waals surface area contributed by atoms with Crippen LogP contribution in [0.4, 0.5) is 17.1 Å². The monoisotopic (exact) mass is 882 g/mol. The van der Waals surface area contributed by atoms with Crippen LogP contribution in [-0.2, 0) is 21.4 Å². The van der Waals surface area contributed by atoms with Gasteiger partial charge in [-0.1, -0.05) is 66.2 Å². The quantitative estimate of drug-likeness (QED) is 0.0471. The fourth-order valence-corrected chi connectivity index (χ4v) is 9.93. The lowest BCUT2D eigenvalue weighted by Gasteiger charge is -2.36. The van der Waals surface area contributed by atoms with Gasteiger partial charge in [-0.25, -0.2) is 13.1 Å². The van der Waals surface area contributed by atoms with Gasteiger partial charge in [0.15, 0.2) is 0 Å². The van der Waals surface area contributed by atoms with Crippen molar-refractivity contribution in [2.45, 2.75) is 47.7 Å². The van der Waals surface area contributed by atoms with Gasteiger partial charge in [-0.2, -0.15) is 0 Å². The minimum absolute atomic E-state index is 0.115. The molecule has 1 amide bonds. The molecule has 7 rings (SSSR count). The summed E-state index contributed by atoms with van der Waals surface area (Å²) in [5, 5.41) is 25.9. The standard InChI is InChI=1S/C45H47ClN6O7S2/c46-35-16-12-32(13-17-35)40-10-5-4-7-34(40)30-49-25-27-50(28-26-49)37-18-14-33(15-19-37)44(53)48-61(58,59)39-20-21-41(43(29-39)52(56)57)47-36(31-60-38-8-2-1-3-9-38)22-24-51-23-6-11-42(51)45(54)55/h1-5,7-10,12-21,29,36,42,47H,6,11,22-28,30-31H2,(H,48,53)(H,54,55)/t36-,42+/m1/s1. The van der Waals surface area contributed by atoms with E-state index in [1.807, 2.05) is 71.6 Å². The second kappa shape index (κ2) is 19.9. The van der Waals surface area contributed by atoms with Crippen LogP contribution < -0.4 is 14.9 Å². The lowest BCUT2D eigenvalue weighted by Crippen LogP contribution is -2.46. The number of rotatable bonds is 17. The van der Waals surface area contributed by atoms with E-state index >= 15 is 0 Å². The van der Waals surface area contributed by atoms with Crippen LogP contribution in [0.2, 0.25) is 5.02 Å². The van der Waals surface area contributed by atoms with Crippen molar-refractivity contribution < 1.29 is 28.0 Å². The van der Waals surface area contributed by atoms with Gasteiger partial charge in [0.1, 0.15) is 11.7 Å². The molecule has 0 saturated carbocycles. The summed E-state index contributed by atoms with van der Waals surface area (Å²) in [4.78, 5) is 43.8.